The van der Waals surface area contributed by atoms with Crippen LogP contribution in [0.4, 0.5) is 5.13 Å². The second kappa shape index (κ2) is 11.0. The number of methoxy groups -OCH3 is 1. The molecule has 5 rings (SSSR count). The van der Waals surface area contributed by atoms with Crippen LogP contribution in [0.3, 0.4) is 0 Å². The van der Waals surface area contributed by atoms with Gasteiger partial charge in [0.15, 0.2) is 5.13 Å². The summed E-state index contributed by atoms with van der Waals surface area (Å²) in [5, 5.41) is 0.547. The van der Waals surface area contributed by atoms with E-state index < -0.39 is 10.0 Å². The summed E-state index contributed by atoms with van der Waals surface area (Å²) in [6.07, 6.45) is 0.608. The number of aromatic nitrogens is 1. The summed E-state index contributed by atoms with van der Waals surface area (Å²) < 4.78 is 39.8. The zero-order valence-corrected chi connectivity index (χ0v) is 22.0. The molecule has 4 aromatic rings. The lowest BCUT2D eigenvalue weighted by atomic mass is 10.1. The standard InChI is InChI=1S/C27H27N3O5S2/c1-34-24-12-11-21(37(32,33)29-15-17-35-18-16-29)19-22(24)26(31)30(14-13-20-7-3-2-4-8-20)27-28-23-9-5-6-10-25(23)36-27/h2-12,19H,13-18H2,1H3. The molecule has 0 unspecified atom stereocenters. The van der Waals surface area contributed by atoms with Gasteiger partial charge in [-0.05, 0) is 42.3 Å². The number of anilines is 1. The molecule has 2 heterocycles. The molecule has 1 aliphatic heterocycles. The Morgan fingerprint density at radius 3 is 2.51 bits per heavy atom. The first-order chi connectivity index (χ1) is 18.0. The van der Waals surface area contributed by atoms with E-state index in [1.54, 1.807) is 4.90 Å². The van der Waals surface area contributed by atoms with Gasteiger partial charge in [-0.3, -0.25) is 9.69 Å². The van der Waals surface area contributed by atoms with E-state index in [9.17, 15) is 13.2 Å². The number of morpholine rings is 1. The van der Waals surface area contributed by atoms with Crippen molar-refractivity contribution >= 4 is 42.6 Å². The maximum atomic E-state index is 14.1. The first kappa shape index (κ1) is 25.3. The van der Waals surface area contributed by atoms with Crippen LogP contribution in [0, 0.1) is 0 Å². The number of ether oxygens (including phenoxy) is 2. The summed E-state index contributed by atoms with van der Waals surface area (Å²) >= 11 is 1.42. The van der Waals surface area contributed by atoms with Crippen LogP contribution in [-0.2, 0) is 21.2 Å². The zero-order valence-electron chi connectivity index (χ0n) is 20.4. The summed E-state index contributed by atoms with van der Waals surface area (Å²) in [5.41, 5.74) is 2.05. The van der Waals surface area contributed by atoms with Crippen molar-refractivity contribution in [2.75, 3.05) is 44.9 Å². The van der Waals surface area contributed by atoms with Crippen molar-refractivity contribution in [1.29, 1.82) is 0 Å². The highest BCUT2D eigenvalue weighted by Gasteiger charge is 2.30. The lowest BCUT2D eigenvalue weighted by molar-refractivity contribution is 0.0730. The van der Waals surface area contributed by atoms with Gasteiger partial charge in [-0.1, -0.05) is 53.8 Å². The molecule has 0 saturated carbocycles. The Bertz CT molecular complexity index is 1470. The van der Waals surface area contributed by atoms with Crippen LogP contribution in [-0.4, -0.2) is 63.6 Å². The molecular formula is C27H27N3O5S2. The third-order valence-corrected chi connectivity index (χ3v) is 9.19. The van der Waals surface area contributed by atoms with Crippen LogP contribution in [0.1, 0.15) is 15.9 Å². The fourth-order valence-electron chi connectivity index (χ4n) is 4.24. The molecular weight excluding hydrogens is 510 g/mol. The number of fused-ring (bicyclic) bond motifs is 1. The molecule has 0 bridgehead atoms. The number of para-hydroxylation sites is 1. The van der Waals surface area contributed by atoms with Crippen molar-refractivity contribution in [2.24, 2.45) is 0 Å². The van der Waals surface area contributed by atoms with Gasteiger partial charge < -0.3 is 9.47 Å². The predicted molar refractivity (Wildman–Crippen MR) is 144 cm³/mol. The number of rotatable bonds is 8. The van der Waals surface area contributed by atoms with E-state index in [-0.39, 0.29) is 29.5 Å². The van der Waals surface area contributed by atoms with Crippen LogP contribution in [0.25, 0.3) is 10.2 Å². The van der Waals surface area contributed by atoms with Gasteiger partial charge in [-0.15, -0.1) is 0 Å². The molecule has 8 nitrogen and oxygen atoms in total. The second-order valence-electron chi connectivity index (χ2n) is 8.54. The lowest BCUT2D eigenvalue weighted by Crippen LogP contribution is -2.40. The van der Waals surface area contributed by atoms with Crippen molar-refractivity contribution in [3.8, 4) is 5.75 Å². The topological polar surface area (TPSA) is 89.0 Å². The molecule has 1 fully saturated rings. The summed E-state index contributed by atoms with van der Waals surface area (Å²) in [6.45, 7) is 1.59. The van der Waals surface area contributed by atoms with Crippen molar-refractivity contribution < 1.29 is 22.7 Å². The normalized spacial score (nSPS) is 14.5. The van der Waals surface area contributed by atoms with Gasteiger partial charge in [-0.25, -0.2) is 13.4 Å². The molecule has 0 aliphatic carbocycles. The number of nitrogens with zero attached hydrogens (tertiary/aromatic N) is 3. The highest BCUT2D eigenvalue weighted by molar-refractivity contribution is 7.89. The number of carbonyl (C=O) groups is 1. The van der Waals surface area contributed by atoms with Crippen LogP contribution in [0.5, 0.6) is 5.75 Å². The SMILES string of the molecule is COc1ccc(S(=O)(=O)N2CCOCC2)cc1C(=O)N(CCc1ccccc1)c1nc2ccccc2s1. The fraction of sp³-hybridized carbons (Fsp3) is 0.259. The van der Waals surface area contributed by atoms with E-state index in [2.05, 4.69) is 0 Å². The van der Waals surface area contributed by atoms with Crippen molar-refractivity contribution in [1.82, 2.24) is 9.29 Å². The Hall–Kier alpha value is -3.31. The summed E-state index contributed by atoms with van der Waals surface area (Å²) in [7, 11) is -2.33. The zero-order chi connectivity index (χ0) is 25.8. The molecule has 1 saturated heterocycles. The summed E-state index contributed by atoms with van der Waals surface area (Å²) in [5.74, 6) is -0.0670. The number of hydrogen-bond acceptors (Lipinski definition) is 7. The molecule has 1 aliphatic rings. The van der Waals surface area contributed by atoms with Gasteiger partial charge in [0, 0.05) is 19.6 Å². The van der Waals surface area contributed by atoms with Crippen molar-refractivity contribution in [3.05, 3.63) is 83.9 Å². The number of sulfonamides is 1. The quantitative estimate of drug-likeness (QED) is 0.335. The van der Waals surface area contributed by atoms with Crippen LogP contribution < -0.4 is 9.64 Å². The number of carbonyl (C=O) groups excluding carboxylic acids is 1. The van der Waals surface area contributed by atoms with Crippen LogP contribution >= 0.6 is 11.3 Å². The van der Waals surface area contributed by atoms with Gasteiger partial charge in [0.05, 0.1) is 41.0 Å². The Morgan fingerprint density at radius 2 is 1.78 bits per heavy atom. The van der Waals surface area contributed by atoms with Crippen molar-refractivity contribution in [2.45, 2.75) is 11.3 Å². The minimum atomic E-state index is -3.80. The first-order valence-corrected chi connectivity index (χ1v) is 14.2. The fourth-order valence-corrected chi connectivity index (χ4v) is 6.67. The molecule has 0 radical (unpaired) electrons. The minimum absolute atomic E-state index is 0.0471. The maximum absolute atomic E-state index is 14.1. The average molecular weight is 538 g/mol. The lowest BCUT2D eigenvalue weighted by Gasteiger charge is -2.26. The van der Waals surface area contributed by atoms with E-state index in [1.807, 2.05) is 54.6 Å². The molecule has 1 aromatic heterocycles. The third-order valence-electron chi connectivity index (χ3n) is 6.23. The van der Waals surface area contributed by atoms with Crippen LogP contribution in [0.15, 0.2) is 77.7 Å². The number of thiazole rings is 1. The van der Waals surface area contributed by atoms with Gasteiger partial charge in [0.1, 0.15) is 5.75 Å². The maximum Gasteiger partial charge on any atom is 0.263 e. The van der Waals surface area contributed by atoms with Gasteiger partial charge in [-0.2, -0.15) is 4.31 Å². The van der Waals surface area contributed by atoms with Gasteiger partial charge in [0.25, 0.3) is 5.91 Å². The molecule has 1 amide bonds. The van der Waals surface area contributed by atoms with E-state index in [4.69, 9.17) is 14.5 Å². The van der Waals surface area contributed by atoms with Crippen LogP contribution in [0.2, 0.25) is 0 Å². The Labute approximate surface area is 220 Å². The highest BCUT2D eigenvalue weighted by Crippen LogP contribution is 2.32. The van der Waals surface area contributed by atoms with Gasteiger partial charge in [0.2, 0.25) is 10.0 Å². The third kappa shape index (κ3) is 5.37. The van der Waals surface area contributed by atoms with E-state index in [0.29, 0.717) is 37.1 Å². The predicted octanol–water partition coefficient (Wildman–Crippen LogP) is 4.22. The number of hydrogen-bond donors (Lipinski definition) is 0. The second-order valence-corrected chi connectivity index (χ2v) is 11.5. The Morgan fingerprint density at radius 1 is 1.05 bits per heavy atom. The first-order valence-electron chi connectivity index (χ1n) is 11.9. The van der Waals surface area contributed by atoms with E-state index in [0.717, 1.165) is 15.8 Å². The highest BCUT2D eigenvalue weighted by atomic mass is 32.2. The molecule has 3 aromatic carbocycles. The number of amides is 1. The molecule has 0 N–H and O–H groups in total. The molecule has 192 valence electrons. The molecule has 37 heavy (non-hydrogen) atoms. The summed E-state index contributed by atoms with van der Waals surface area (Å²) in [4.78, 5) is 20.4. The molecule has 0 atom stereocenters. The molecule has 0 spiro atoms. The number of benzene rings is 3. The Kier molecular flexibility index (Phi) is 7.52. The van der Waals surface area contributed by atoms with Crippen molar-refractivity contribution in [3.63, 3.8) is 0 Å². The molecule has 10 heteroatoms. The minimum Gasteiger partial charge on any atom is -0.496 e. The average Bonchev–Trinajstić information content (AvgIpc) is 3.37. The monoisotopic (exact) mass is 537 g/mol. The van der Waals surface area contributed by atoms with Gasteiger partial charge >= 0.3 is 0 Å². The summed E-state index contributed by atoms with van der Waals surface area (Å²) in [6, 6.07) is 22.0. The smallest absolute Gasteiger partial charge is 0.263 e. The largest absolute Gasteiger partial charge is 0.496 e. The van der Waals surface area contributed by atoms with E-state index in [1.165, 1.54) is 41.0 Å². The van der Waals surface area contributed by atoms with E-state index >= 15 is 0 Å². The Balaban J connectivity index is 1.53.